The SMILES string of the molecule is CC(Nc1cc(Nc2ccc3ncsc3c2)ncc1C(=O)NC[C@@H](F)C(C)(C)O)C(F)(F)F. The van der Waals surface area contributed by atoms with E-state index in [-0.39, 0.29) is 17.1 Å². The van der Waals surface area contributed by atoms with Gasteiger partial charge in [-0.1, -0.05) is 0 Å². The molecule has 4 N–H and O–H groups in total. The molecule has 0 aliphatic heterocycles. The van der Waals surface area contributed by atoms with Gasteiger partial charge in [-0.3, -0.25) is 4.79 Å². The molecular formula is C21H23F4N5O2S. The van der Waals surface area contributed by atoms with E-state index in [1.807, 2.05) is 6.07 Å². The van der Waals surface area contributed by atoms with Crippen molar-refractivity contribution in [2.45, 2.75) is 44.8 Å². The first-order valence-electron chi connectivity index (χ1n) is 9.93. The molecule has 2 aromatic heterocycles. The van der Waals surface area contributed by atoms with Gasteiger partial charge in [0.25, 0.3) is 5.91 Å². The maximum atomic E-state index is 14.0. The van der Waals surface area contributed by atoms with Crippen molar-refractivity contribution in [2.75, 3.05) is 17.2 Å². The third-order valence-electron chi connectivity index (χ3n) is 4.82. The van der Waals surface area contributed by atoms with Crippen LogP contribution < -0.4 is 16.0 Å². The summed E-state index contributed by atoms with van der Waals surface area (Å²) in [5.74, 6) is -0.629. The summed E-state index contributed by atoms with van der Waals surface area (Å²) in [5, 5.41) is 17.2. The van der Waals surface area contributed by atoms with Crippen molar-refractivity contribution >= 4 is 44.7 Å². The molecule has 0 aliphatic carbocycles. The fourth-order valence-electron chi connectivity index (χ4n) is 2.75. The lowest BCUT2D eigenvalue weighted by Crippen LogP contribution is -2.42. The second-order valence-electron chi connectivity index (χ2n) is 8.01. The molecule has 0 aliphatic rings. The van der Waals surface area contributed by atoms with Crippen LogP contribution in [0, 0.1) is 0 Å². The van der Waals surface area contributed by atoms with Gasteiger partial charge in [-0.15, -0.1) is 11.3 Å². The molecule has 1 aromatic carbocycles. The molecule has 1 amide bonds. The molecule has 178 valence electrons. The number of rotatable bonds is 8. The fraction of sp³-hybridized carbons (Fsp3) is 0.381. The molecule has 33 heavy (non-hydrogen) atoms. The van der Waals surface area contributed by atoms with E-state index in [1.165, 1.54) is 31.3 Å². The number of thiazole rings is 1. The molecule has 12 heteroatoms. The highest BCUT2D eigenvalue weighted by Crippen LogP contribution is 2.29. The van der Waals surface area contributed by atoms with Crippen LogP contribution in [0.4, 0.5) is 34.8 Å². The summed E-state index contributed by atoms with van der Waals surface area (Å²) in [4.78, 5) is 20.9. The summed E-state index contributed by atoms with van der Waals surface area (Å²) >= 11 is 1.43. The zero-order valence-corrected chi connectivity index (χ0v) is 18.8. The summed E-state index contributed by atoms with van der Waals surface area (Å²) < 4.78 is 54.3. The lowest BCUT2D eigenvalue weighted by Gasteiger charge is -2.23. The highest BCUT2D eigenvalue weighted by atomic mass is 32.1. The van der Waals surface area contributed by atoms with Crippen molar-refractivity contribution in [1.29, 1.82) is 0 Å². The minimum Gasteiger partial charge on any atom is -0.387 e. The molecule has 0 spiro atoms. The zero-order valence-electron chi connectivity index (χ0n) is 18.0. The van der Waals surface area contributed by atoms with E-state index >= 15 is 0 Å². The number of nitrogens with one attached hydrogen (secondary N) is 3. The molecule has 0 radical (unpaired) electrons. The lowest BCUT2D eigenvalue weighted by atomic mass is 10.0. The smallest absolute Gasteiger partial charge is 0.387 e. The number of alkyl halides is 4. The number of anilines is 3. The third kappa shape index (κ3) is 6.29. The number of benzene rings is 1. The molecular weight excluding hydrogens is 462 g/mol. The Kier molecular flexibility index (Phi) is 7.08. The van der Waals surface area contributed by atoms with E-state index < -0.39 is 36.4 Å². The van der Waals surface area contributed by atoms with Gasteiger partial charge in [0.2, 0.25) is 0 Å². The number of nitrogens with zero attached hydrogens (tertiary/aromatic N) is 2. The first-order valence-corrected chi connectivity index (χ1v) is 10.8. The number of hydrogen-bond acceptors (Lipinski definition) is 7. The van der Waals surface area contributed by atoms with Crippen LogP contribution >= 0.6 is 11.3 Å². The van der Waals surface area contributed by atoms with Crippen molar-refractivity contribution in [2.24, 2.45) is 0 Å². The lowest BCUT2D eigenvalue weighted by molar-refractivity contribution is -0.138. The Labute approximate surface area is 191 Å². The Balaban J connectivity index is 1.85. The Morgan fingerprint density at radius 2 is 1.94 bits per heavy atom. The van der Waals surface area contributed by atoms with Crippen LogP contribution in [0.1, 0.15) is 31.1 Å². The predicted octanol–water partition coefficient (Wildman–Crippen LogP) is 4.64. The van der Waals surface area contributed by atoms with Gasteiger partial charge in [-0.05, 0) is 39.0 Å². The Hall–Kier alpha value is -2.99. The van der Waals surface area contributed by atoms with Crippen molar-refractivity contribution in [3.8, 4) is 0 Å². The topological polar surface area (TPSA) is 99.2 Å². The molecule has 0 saturated carbocycles. The molecule has 3 rings (SSSR count). The summed E-state index contributed by atoms with van der Waals surface area (Å²) in [6, 6.07) is 4.67. The Morgan fingerprint density at radius 1 is 1.21 bits per heavy atom. The van der Waals surface area contributed by atoms with Crippen LogP contribution in [0.25, 0.3) is 10.2 Å². The van der Waals surface area contributed by atoms with Crippen LogP contribution in [0.3, 0.4) is 0 Å². The summed E-state index contributed by atoms with van der Waals surface area (Å²) in [6.07, 6.45) is -5.24. The van der Waals surface area contributed by atoms with Crippen LogP contribution in [0.15, 0.2) is 36.0 Å². The molecule has 0 bridgehead atoms. The fourth-order valence-corrected chi connectivity index (χ4v) is 3.46. The number of hydrogen-bond donors (Lipinski definition) is 4. The van der Waals surface area contributed by atoms with Gasteiger partial charge in [0, 0.05) is 18.0 Å². The number of carbonyl (C=O) groups is 1. The van der Waals surface area contributed by atoms with Gasteiger partial charge in [-0.2, -0.15) is 13.2 Å². The molecule has 2 heterocycles. The number of fused-ring (bicyclic) bond motifs is 1. The van der Waals surface area contributed by atoms with E-state index in [4.69, 9.17) is 0 Å². The Morgan fingerprint density at radius 3 is 2.61 bits per heavy atom. The average Bonchev–Trinajstić information content (AvgIpc) is 3.18. The van der Waals surface area contributed by atoms with Crippen LogP contribution in [-0.4, -0.2) is 51.5 Å². The average molecular weight is 486 g/mol. The van der Waals surface area contributed by atoms with E-state index in [1.54, 1.807) is 17.6 Å². The molecule has 0 saturated heterocycles. The standard InChI is InChI=1S/C21H23F4N5O2S/c1-11(21(23,24)25)29-15-7-18(30-12-4-5-14-16(6-12)33-10-28-14)26-8-13(15)19(31)27-9-17(22)20(2,3)32/h4-8,10-11,17,32H,9H2,1-3H3,(H,27,31)(H2,26,29,30)/t11?,17-/m1/s1. The molecule has 3 aromatic rings. The summed E-state index contributed by atoms with van der Waals surface area (Å²) in [5.41, 5.74) is 1.12. The van der Waals surface area contributed by atoms with E-state index in [9.17, 15) is 27.5 Å². The van der Waals surface area contributed by atoms with Crippen molar-refractivity contribution in [1.82, 2.24) is 15.3 Å². The van der Waals surface area contributed by atoms with Crippen molar-refractivity contribution < 1.29 is 27.5 Å². The van der Waals surface area contributed by atoms with Gasteiger partial charge in [0.05, 0.1) is 39.1 Å². The molecule has 1 unspecified atom stereocenters. The van der Waals surface area contributed by atoms with Gasteiger partial charge in [0.1, 0.15) is 18.0 Å². The number of aromatic nitrogens is 2. The second kappa shape index (κ2) is 9.48. The zero-order chi connectivity index (χ0) is 24.4. The number of pyridine rings is 1. The quantitative estimate of drug-likeness (QED) is 0.347. The minimum atomic E-state index is -4.56. The van der Waals surface area contributed by atoms with Crippen LogP contribution in [-0.2, 0) is 0 Å². The highest BCUT2D eigenvalue weighted by Gasteiger charge is 2.36. The number of carbonyl (C=O) groups excluding carboxylic acids is 1. The van der Waals surface area contributed by atoms with Crippen LogP contribution in [0.2, 0.25) is 0 Å². The maximum Gasteiger partial charge on any atom is 0.408 e. The Bertz CT molecular complexity index is 1130. The van der Waals surface area contributed by atoms with Gasteiger partial charge in [0.15, 0.2) is 0 Å². The number of aliphatic hydroxyl groups is 1. The molecule has 0 fully saturated rings. The normalized spacial score (nSPS) is 14.1. The maximum absolute atomic E-state index is 14.0. The molecule has 2 atom stereocenters. The second-order valence-corrected chi connectivity index (χ2v) is 8.90. The predicted molar refractivity (Wildman–Crippen MR) is 120 cm³/mol. The van der Waals surface area contributed by atoms with E-state index in [2.05, 4.69) is 25.9 Å². The van der Waals surface area contributed by atoms with E-state index in [0.717, 1.165) is 23.3 Å². The first kappa shape index (κ1) is 24.6. The van der Waals surface area contributed by atoms with Crippen molar-refractivity contribution in [3.05, 3.63) is 41.5 Å². The first-order chi connectivity index (χ1) is 15.3. The van der Waals surface area contributed by atoms with E-state index in [0.29, 0.717) is 5.69 Å². The highest BCUT2D eigenvalue weighted by molar-refractivity contribution is 7.16. The van der Waals surface area contributed by atoms with Crippen molar-refractivity contribution in [3.63, 3.8) is 0 Å². The largest absolute Gasteiger partial charge is 0.408 e. The third-order valence-corrected chi connectivity index (χ3v) is 5.62. The monoisotopic (exact) mass is 485 g/mol. The molecule has 7 nitrogen and oxygen atoms in total. The number of halogens is 4. The van der Waals surface area contributed by atoms with Gasteiger partial charge in [-0.25, -0.2) is 14.4 Å². The minimum absolute atomic E-state index is 0.132. The summed E-state index contributed by atoms with van der Waals surface area (Å²) in [7, 11) is 0. The van der Waals surface area contributed by atoms with Gasteiger partial charge >= 0.3 is 6.18 Å². The number of amides is 1. The van der Waals surface area contributed by atoms with Gasteiger partial charge < -0.3 is 21.1 Å². The van der Waals surface area contributed by atoms with Crippen LogP contribution in [0.5, 0.6) is 0 Å². The summed E-state index contributed by atoms with van der Waals surface area (Å²) in [6.45, 7) is 2.88.